The summed E-state index contributed by atoms with van der Waals surface area (Å²) in [6, 6.07) is 12.2. The molecular weight excluding hydrogens is 292 g/mol. The molecule has 0 aliphatic rings. The molecule has 0 N–H and O–H groups in total. The standard InChI is InChI=1S/C19H24O4/c1-14-10-16(12-23-11-15-8-6-5-7-9-15)17(13-20-2)19(22-4)18(14)21-3/h5-10H,11-13H2,1-4H3. The van der Waals surface area contributed by atoms with E-state index in [1.165, 1.54) is 0 Å². The van der Waals surface area contributed by atoms with Gasteiger partial charge in [-0.2, -0.15) is 0 Å². The van der Waals surface area contributed by atoms with Crippen LogP contribution in [0.5, 0.6) is 11.5 Å². The van der Waals surface area contributed by atoms with Crippen LogP contribution in [0.3, 0.4) is 0 Å². The monoisotopic (exact) mass is 316 g/mol. The normalized spacial score (nSPS) is 10.6. The maximum Gasteiger partial charge on any atom is 0.166 e. The fraction of sp³-hybridized carbons (Fsp3) is 0.368. The number of methoxy groups -OCH3 is 3. The molecule has 124 valence electrons. The van der Waals surface area contributed by atoms with Crippen molar-refractivity contribution >= 4 is 0 Å². The quantitative estimate of drug-likeness (QED) is 0.741. The molecule has 0 spiro atoms. The van der Waals surface area contributed by atoms with Crippen LogP contribution in [-0.2, 0) is 29.3 Å². The average Bonchev–Trinajstić information content (AvgIpc) is 2.57. The third kappa shape index (κ3) is 4.24. The number of hydrogen-bond acceptors (Lipinski definition) is 4. The Kier molecular flexibility index (Phi) is 6.44. The highest BCUT2D eigenvalue weighted by atomic mass is 16.5. The van der Waals surface area contributed by atoms with Gasteiger partial charge in [-0.25, -0.2) is 0 Å². The van der Waals surface area contributed by atoms with E-state index < -0.39 is 0 Å². The van der Waals surface area contributed by atoms with Crippen LogP contribution < -0.4 is 9.47 Å². The Morgan fingerprint density at radius 3 is 2.13 bits per heavy atom. The van der Waals surface area contributed by atoms with Gasteiger partial charge in [0.25, 0.3) is 0 Å². The lowest BCUT2D eigenvalue weighted by Crippen LogP contribution is -2.06. The maximum atomic E-state index is 5.87. The first-order chi connectivity index (χ1) is 11.2. The molecular formula is C19H24O4. The zero-order chi connectivity index (χ0) is 16.7. The van der Waals surface area contributed by atoms with Crippen LogP contribution in [0.2, 0.25) is 0 Å². The smallest absolute Gasteiger partial charge is 0.166 e. The van der Waals surface area contributed by atoms with Crippen molar-refractivity contribution in [3.05, 3.63) is 58.7 Å². The van der Waals surface area contributed by atoms with Gasteiger partial charge in [0.1, 0.15) is 0 Å². The number of rotatable bonds is 8. The molecule has 0 aromatic heterocycles. The predicted octanol–water partition coefficient (Wildman–Crippen LogP) is 3.88. The molecule has 2 aromatic carbocycles. The van der Waals surface area contributed by atoms with Crippen molar-refractivity contribution in [2.24, 2.45) is 0 Å². The molecule has 4 heteroatoms. The lowest BCUT2D eigenvalue weighted by Gasteiger charge is -2.19. The van der Waals surface area contributed by atoms with Crippen LogP contribution in [-0.4, -0.2) is 21.3 Å². The van der Waals surface area contributed by atoms with E-state index in [1.54, 1.807) is 21.3 Å². The van der Waals surface area contributed by atoms with Gasteiger partial charge < -0.3 is 18.9 Å². The average molecular weight is 316 g/mol. The van der Waals surface area contributed by atoms with E-state index in [1.807, 2.05) is 25.1 Å². The molecule has 0 fully saturated rings. The van der Waals surface area contributed by atoms with Gasteiger partial charge in [0.05, 0.1) is 34.0 Å². The van der Waals surface area contributed by atoms with E-state index in [9.17, 15) is 0 Å². The molecule has 0 aliphatic carbocycles. The molecule has 2 aromatic rings. The molecule has 4 nitrogen and oxygen atoms in total. The van der Waals surface area contributed by atoms with Crippen LogP contribution in [0.15, 0.2) is 36.4 Å². The summed E-state index contributed by atoms with van der Waals surface area (Å²) in [5.74, 6) is 1.46. The Morgan fingerprint density at radius 1 is 0.826 bits per heavy atom. The van der Waals surface area contributed by atoms with Gasteiger partial charge in [0.15, 0.2) is 11.5 Å². The van der Waals surface area contributed by atoms with Crippen LogP contribution in [0.25, 0.3) is 0 Å². The molecule has 23 heavy (non-hydrogen) atoms. The van der Waals surface area contributed by atoms with Crippen molar-refractivity contribution in [1.82, 2.24) is 0 Å². The highest BCUT2D eigenvalue weighted by molar-refractivity contribution is 5.55. The molecule has 2 rings (SSSR count). The van der Waals surface area contributed by atoms with E-state index in [0.29, 0.717) is 25.6 Å². The summed E-state index contributed by atoms with van der Waals surface area (Å²) in [5.41, 5.74) is 4.18. The van der Waals surface area contributed by atoms with Gasteiger partial charge in [0, 0.05) is 12.7 Å². The molecule has 0 atom stereocenters. The van der Waals surface area contributed by atoms with E-state index in [-0.39, 0.29) is 0 Å². The van der Waals surface area contributed by atoms with Gasteiger partial charge in [-0.05, 0) is 29.7 Å². The molecule has 0 amide bonds. The Hall–Kier alpha value is -2.04. The molecule has 0 radical (unpaired) electrons. The summed E-state index contributed by atoms with van der Waals surface area (Å²) in [4.78, 5) is 0. The van der Waals surface area contributed by atoms with E-state index in [2.05, 4.69) is 18.2 Å². The van der Waals surface area contributed by atoms with Gasteiger partial charge in [0.2, 0.25) is 0 Å². The topological polar surface area (TPSA) is 36.9 Å². The predicted molar refractivity (Wildman–Crippen MR) is 89.9 cm³/mol. The van der Waals surface area contributed by atoms with Crippen LogP contribution in [0, 0.1) is 6.92 Å². The highest BCUT2D eigenvalue weighted by Crippen LogP contribution is 2.37. The Morgan fingerprint density at radius 2 is 1.52 bits per heavy atom. The van der Waals surface area contributed by atoms with E-state index in [4.69, 9.17) is 18.9 Å². The summed E-state index contributed by atoms with van der Waals surface area (Å²) in [6.45, 7) is 3.51. The molecule has 0 saturated heterocycles. The number of hydrogen-bond donors (Lipinski definition) is 0. The summed E-state index contributed by atoms with van der Waals surface area (Å²) >= 11 is 0. The lowest BCUT2D eigenvalue weighted by molar-refractivity contribution is 0.104. The van der Waals surface area contributed by atoms with Crippen LogP contribution in [0.1, 0.15) is 22.3 Å². The van der Waals surface area contributed by atoms with Crippen molar-refractivity contribution < 1.29 is 18.9 Å². The largest absolute Gasteiger partial charge is 0.493 e. The minimum Gasteiger partial charge on any atom is -0.493 e. The molecule has 0 heterocycles. The Bertz CT molecular complexity index is 623. The number of ether oxygens (including phenoxy) is 4. The van der Waals surface area contributed by atoms with Gasteiger partial charge in [-0.3, -0.25) is 0 Å². The molecule has 0 bridgehead atoms. The van der Waals surface area contributed by atoms with E-state index >= 15 is 0 Å². The zero-order valence-electron chi connectivity index (χ0n) is 14.2. The second-order valence-electron chi connectivity index (χ2n) is 5.31. The van der Waals surface area contributed by atoms with Crippen molar-refractivity contribution in [2.45, 2.75) is 26.7 Å². The van der Waals surface area contributed by atoms with Crippen LogP contribution in [0.4, 0.5) is 0 Å². The molecule has 0 saturated carbocycles. The minimum absolute atomic E-state index is 0.448. The summed E-state index contributed by atoms with van der Waals surface area (Å²) in [7, 11) is 4.96. The molecule has 0 aliphatic heterocycles. The number of benzene rings is 2. The fourth-order valence-corrected chi connectivity index (χ4v) is 2.63. The van der Waals surface area contributed by atoms with Crippen molar-refractivity contribution in [1.29, 1.82) is 0 Å². The Labute approximate surface area is 137 Å². The summed E-state index contributed by atoms with van der Waals surface area (Å²) in [6.07, 6.45) is 0. The third-order valence-corrected chi connectivity index (χ3v) is 3.68. The van der Waals surface area contributed by atoms with Crippen molar-refractivity contribution in [3.63, 3.8) is 0 Å². The first kappa shape index (κ1) is 17.3. The summed E-state index contributed by atoms with van der Waals surface area (Å²) in [5, 5.41) is 0. The minimum atomic E-state index is 0.448. The first-order valence-electron chi connectivity index (χ1n) is 7.55. The summed E-state index contributed by atoms with van der Waals surface area (Å²) < 4.78 is 22.2. The third-order valence-electron chi connectivity index (χ3n) is 3.68. The van der Waals surface area contributed by atoms with Gasteiger partial charge in [-0.15, -0.1) is 0 Å². The first-order valence-corrected chi connectivity index (χ1v) is 7.55. The Balaban J connectivity index is 2.21. The van der Waals surface area contributed by atoms with Gasteiger partial charge in [-0.1, -0.05) is 30.3 Å². The van der Waals surface area contributed by atoms with E-state index in [0.717, 1.165) is 28.0 Å². The maximum absolute atomic E-state index is 5.87. The zero-order valence-corrected chi connectivity index (χ0v) is 14.2. The highest BCUT2D eigenvalue weighted by Gasteiger charge is 2.18. The van der Waals surface area contributed by atoms with Crippen molar-refractivity contribution in [2.75, 3.05) is 21.3 Å². The van der Waals surface area contributed by atoms with Crippen LogP contribution >= 0.6 is 0 Å². The van der Waals surface area contributed by atoms with Crippen molar-refractivity contribution in [3.8, 4) is 11.5 Å². The second kappa shape index (κ2) is 8.56. The second-order valence-corrected chi connectivity index (χ2v) is 5.31. The fourth-order valence-electron chi connectivity index (χ4n) is 2.63. The number of aryl methyl sites for hydroxylation is 1. The molecule has 0 unspecified atom stereocenters. The SMILES string of the molecule is COCc1c(COCc2ccccc2)cc(C)c(OC)c1OC. The van der Waals surface area contributed by atoms with Gasteiger partial charge >= 0.3 is 0 Å². The lowest BCUT2D eigenvalue weighted by atomic mass is 10.0.